The van der Waals surface area contributed by atoms with E-state index in [-0.39, 0.29) is 22.4 Å². The number of aryl methyl sites for hydroxylation is 2. The molecule has 0 unspecified atom stereocenters. The number of phenols is 1. The van der Waals surface area contributed by atoms with Crippen molar-refractivity contribution in [3.05, 3.63) is 113 Å². The molecule has 5 aromatic rings. The minimum Gasteiger partial charge on any atom is -0.508 e. The lowest BCUT2D eigenvalue weighted by molar-refractivity contribution is 0.0685. The number of aromatic carboxylic acids is 3. The number of nitrogens with zero attached hydrogens (tertiary/aromatic N) is 2. The van der Waals surface area contributed by atoms with Crippen molar-refractivity contribution in [2.45, 2.75) is 20.8 Å². The van der Waals surface area contributed by atoms with Gasteiger partial charge in [-0.1, -0.05) is 42.5 Å². The Balaban J connectivity index is 0.000000163. The molecule has 9 heteroatoms. The van der Waals surface area contributed by atoms with Crippen molar-refractivity contribution in [2.24, 2.45) is 0 Å². The third kappa shape index (κ3) is 6.92. The first-order valence-corrected chi connectivity index (χ1v) is 11.7. The van der Waals surface area contributed by atoms with Gasteiger partial charge in [0.2, 0.25) is 0 Å². The molecule has 2 aromatic heterocycles. The van der Waals surface area contributed by atoms with Crippen LogP contribution in [-0.4, -0.2) is 48.3 Å². The van der Waals surface area contributed by atoms with Crippen molar-refractivity contribution < 1.29 is 34.8 Å². The van der Waals surface area contributed by atoms with E-state index in [2.05, 4.69) is 9.97 Å². The highest BCUT2D eigenvalue weighted by Gasteiger charge is 2.10. The van der Waals surface area contributed by atoms with Gasteiger partial charge in [0.05, 0.1) is 27.7 Å². The standard InChI is InChI=1S/2C11H9NO2.C8H8O3/c2*1-7-5-6-8-3-2-4-9(11(13)14)10(8)12-7;1-5-6(8(10)11)3-2-4-7(5)9/h2*2-6H,1H3,(H,13,14);2-4,9H,1H3,(H,10,11). The summed E-state index contributed by atoms with van der Waals surface area (Å²) in [6, 6.07) is 22.2. The largest absolute Gasteiger partial charge is 0.508 e. The minimum atomic E-state index is -1.02. The quantitative estimate of drug-likeness (QED) is 0.225. The number of hydrogen-bond acceptors (Lipinski definition) is 6. The van der Waals surface area contributed by atoms with Crippen molar-refractivity contribution in [1.29, 1.82) is 0 Å². The van der Waals surface area contributed by atoms with E-state index in [4.69, 9.17) is 20.4 Å². The molecule has 0 radical (unpaired) electrons. The van der Waals surface area contributed by atoms with Crippen LogP contribution in [-0.2, 0) is 0 Å². The molecule has 0 saturated heterocycles. The van der Waals surface area contributed by atoms with Crippen molar-refractivity contribution in [3.8, 4) is 5.75 Å². The number of aromatic nitrogens is 2. The molecule has 0 atom stereocenters. The summed E-state index contributed by atoms with van der Waals surface area (Å²) in [7, 11) is 0. The first kappa shape index (κ1) is 28.3. The zero-order valence-corrected chi connectivity index (χ0v) is 21.4. The normalized spacial score (nSPS) is 10.1. The minimum absolute atomic E-state index is 0.0184. The summed E-state index contributed by atoms with van der Waals surface area (Å²) in [6.45, 7) is 5.26. The van der Waals surface area contributed by atoms with Gasteiger partial charge in [-0.05, 0) is 57.2 Å². The van der Waals surface area contributed by atoms with Crippen LogP contribution in [0.15, 0.2) is 78.9 Å². The zero-order chi connectivity index (χ0) is 28.7. The number of aromatic hydroxyl groups is 1. The van der Waals surface area contributed by atoms with E-state index in [1.165, 1.54) is 18.2 Å². The van der Waals surface area contributed by atoms with Gasteiger partial charge < -0.3 is 20.4 Å². The number of carboxylic acids is 3. The fourth-order valence-electron chi connectivity index (χ4n) is 3.69. The van der Waals surface area contributed by atoms with Gasteiger partial charge >= 0.3 is 17.9 Å². The third-order valence-electron chi connectivity index (χ3n) is 5.72. The number of hydrogen-bond donors (Lipinski definition) is 4. The fourth-order valence-corrected chi connectivity index (χ4v) is 3.69. The molecular weight excluding hydrogens is 500 g/mol. The number of pyridine rings is 2. The molecule has 198 valence electrons. The van der Waals surface area contributed by atoms with Gasteiger partial charge in [0.25, 0.3) is 0 Å². The van der Waals surface area contributed by atoms with Gasteiger partial charge in [-0.2, -0.15) is 0 Å². The van der Waals surface area contributed by atoms with Crippen LogP contribution in [0.4, 0.5) is 0 Å². The predicted molar refractivity (Wildman–Crippen MR) is 147 cm³/mol. The molecule has 0 bridgehead atoms. The Kier molecular flexibility index (Phi) is 8.90. The summed E-state index contributed by atoms with van der Waals surface area (Å²) in [4.78, 5) is 40.7. The molecule has 39 heavy (non-hydrogen) atoms. The summed E-state index contributed by atoms with van der Waals surface area (Å²) in [6.07, 6.45) is 0. The number of fused-ring (bicyclic) bond motifs is 2. The lowest BCUT2D eigenvalue weighted by Gasteiger charge is -2.01. The van der Waals surface area contributed by atoms with E-state index in [0.717, 1.165) is 22.2 Å². The number of para-hydroxylation sites is 2. The van der Waals surface area contributed by atoms with Crippen molar-refractivity contribution in [2.75, 3.05) is 0 Å². The molecule has 0 aliphatic rings. The summed E-state index contributed by atoms with van der Waals surface area (Å²) in [5.41, 5.74) is 3.82. The maximum absolute atomic E-state index is 10.9. The summed E-state index contributed by atoms with van der Waals surface area (Å²) in [5, 5.41) is 37.2. The zero-order valence-electron chi connectivity index (χ0n) is 21.4. The van der Waals surface area contributed by atoms with Crippen molar-refractivity contribution in [3.63, 3.8) is 0 Å². The molecule has 4 N–H and O–H groups in total. The van der Waals surface area contributed by atoms with Crippen molar-refractivity contribution in [1.82, 2.24) is 9.97 Å². The third-order valence-corrected chi connectivity index (χ3v) is 5.72. The van der Waals surface area contributed by atoms with Crippen molar-refractivity contribution >= 4 is 39.7 Å². The van der Waals surface area contributed by atoms with Gasteiger partial charge in [0, 0.05) is 27.7 Å². The van der Waals surface area contributed by atoms with Crippen LogP contribution in [0, 0.1) is 20.8 Å². The SMILES string of the molecule is Cc1c(O)cccc1C(=O)O.Cc1ccc2cccc(C(=O)O)c2n1.Cc1ccc2cccc(C(=O)O)c2n1. The molecule has 0 saturated carbocycles. The van der Waals surface area contributed by atoms with E-state index < -0.39 is 17.9 Å². The number of rotatable bonds is 3. The van der Waals surface area contributed by atoms with Crippen LogP contribution in [0.5, 0.6) is 5.75 Å². The second-order valence-electron chi connectivity index (χ2n) is 8.53. The van der Waals surface area contributed by atoms with Crippen LogP contribution in [0.25, 0.3) is 21.8 Å². The molecular formula is C30H26N2O7. The van der Waals surface area contributed by atoms with E-state index in [1.54, 1.807) is 31.2 Å². The van der Waals surface area contributed by atoms with Gasteiger partial charge in [0.15, 0.2) is 0 Å². The van der Waals surface area contributed by atoms with Gasteiger partial charge in [-0.25, -0.2) is 14.4 Å². The Morgan fingerprint density at radius 1 is 0.538 bits per heavy atom. The average Bonchev–Trinajstić information content (AvgIpc) is 2.89. The second-order valence-corrected chi connectivity index (χ2v) is 8.53. The first-order valence-electron chi connectivity index (χ1n) is 11.7. The summed E-state index contributed by atoms with van der Waals surface area (Å²) < 4.78 is 0. The number of benzene rings is 3. The molecule has 2 heterocycles. The average molecular weight is 527 g/mol. The predicted octanol–water partition coefficient (Wildman–Crippen LogP) is 5.88. The highest BCUT2D eigenvalue weighted by atomic mass is 16.4. The topological polar surface area (TPSA) is 158 Å². The lowest BCUT2D eigenvalue weighted by Crippen LogP contribution is -1.99. The Morgan fingerprint density at radius 2 is 0.923 bits per heavy atom. The molecule has 9 nitrogen and oxygen atoms in total. The van der Waals surface area contributed by atoms with E-state index in [1.807, 2.05) is 50.2 Å². The molecule has 0 spiro atoms. The Morgan fingerprint density at radius 3 is 1.31 bits per heavy atom. The number of carbonyl (C=O) groups is 3. The maximum Gasteiger partial charge on any atom is 0.337 e. The number of phenolic OH excluding ortho intramolecular Hbond substituents is 1. The second kappa shape index (κ2) is 12.3. The monoisotopic (exact) mass is 526 g/mol. The van der Waals surface area contributed by atoms with E-state index >= 15 is 0 Å². The summed E-state index contributed by atoms with van der Waals surface area (Å²) >= 11 is 0. The molecule has 5 rings (SSSR count). The molecule has 0 amide bonds. The first-order chi connectivity index (χ1) is 18.5. The Bertz CT molecular complexity index is 1600. The Hall–Kier alpha value is -5.31. The number of carboxylic acid groups (broad SMARTS) is 3. The van der Waals surface area contributed by atoms with Crippen LogP contribution >= 0.6 is 0 Å². The molecule has 0 fully saturated rings. The van der Waals surface area contributed by atoms with Gasteiger partial charge in [-0.3, -0.25) is 9.97 Å². The molecule has 0 aliphatic heterocycles. The van der Waals surface area contributed by atoms with Crippen LogP contribution in [0.2, 0.25) is 0 Å². The van der Waals surface area contributed by atoms with E-state index in [9.17, 15) is 14.4 Å². The molecule has 0 aliphatic carbocycles. The van der Waals surface area contributed by atoms with Crippen LogP contribution in [0.3, 0.4) is 0 Å². The smallest absolute Gasteiger partial charge is 0.337 e. The van der Waals surface area contributed by atoms with Gasteiger partial charge in [-0.15, -0.1) is 0 Å². The van der Waals surface area contributed by atoms with Crippen LogP contribution < -0.4 is 0 Å². The van der Waals surface area contributed by atoms with E-state index in [0.29, 0.717) is 16.6 Å². The maximum atomic E-state index is 10.9. The Labute approximate surface area is 223 Å². The fraction of sp³-hybridized carbons (Fsp3) is 0.100. The highest BCUT2D eigenvalue weighted by Crippen LogP contribution is 2.19. The summed E-state index contributed by atoms with van der Waals surface area (Å²) in [5.74, 6) is -2.87. The molecule has 3 aromatic carbocycles. The van der Waals surface area contributed by atoms with Gasteiger partial charge in [0.1, 0.15) is 5.75 Å². The van der Waals surface area contributed by atoms with Crippen LogP contribution in [0.1, 0.15) is 48.0 Å². The lowest BCUT2D eigenvalue weighted by atomic mass is 10.1. The highest BCUT2D eigenvalue weighted by molar-refractivity contribution is 6.02.